The van der Waals surface area contributed by atoms with Gasteiger partial charge < -0.3 is 10.2 Å². The third-order valence-corrected chi connectivity index (χ3v) is 4.09. The number of carbonyl (C=O) groups is 1. The van der Waals surface area contributed by atoms with Crippen molar-refractivity contribution in [2.75, 3.05) is 18.4 Å². The zero-order valence-electron chi connectivity index (χ0n) is 14.5. The van der Waals surface area contributed by atoms with Gasteiger partial charge in [-0.3, -0.25) is 4.79 Å². The first-order valence-corrected chi connectivity index (χ1v) is 8.11. The summed E-state index contributed by atoms with van der Waals surface area (Å²) in [5.41, 5.74) is 2.70. The Morgan fingerprint density at radius 1 is 1.08 bits per heavy atom. The Balaban J connectivity index is 1.83. The number of hydrogen-bond donors (Lipinski definition) is 1. The summed E-state index contributed by atoms with van der Waals surface area (Å²) in [7, 11) is 0. The molecule has 1 aliphatic rings. The number of carbonyl (C=O) groups excluding carboxylic acids is 1. The fraction of sp³-hybridized carbons (Fsp3) is 0.471. The largest absolute Gasteiger partial charge is 0.342 e. The summed E-state index contributed by atoms with van der Waals surface area (Å²) in [5, 5.41) is 3.17. The molecule has 0 radical (unpaired) electrons. The maximum atomic E-state index is 11.5. The van der Waals surface area contributed by atoms with Crippen LogP contribution in [-0.2, 0) is 4.79 Å². The van der Waals surface area contributed by atoms with Crippen molar-refractivity contribution in [1.29, 1.82) is 0 Å². The Labute approximate surface area is 141 Å². The number of hydrogen-bond acceptors (Lipinski definition) is 6. The molecular weight excluding hydrogens is 304 g/mol. The first-order chi connectivity index (χ1) is 11.4. The van der Waals surface area contributed by atoms with Gasteiger partial charge in [-0.25, -0.2) is 19.9 Å². The molecule has 0 aromatic carbocycles. The third kappa shape index (κ3) is 3.67. The van der Waals surface area contributed by atoms with E-state index in [1.165, 1.54) is 0 Å². The van der Waals surface area contributed by atoms with Crippen molar-refractivity contribution in [3.05, 3.63) is 35.0 Å². The van der Waals surface area contributed by atoms with E-state index in [9.17, 15) is 4.79 Å². The second-order valence-corrected chi connectivity index (χ2v) is 6.30. The number of amides is 1. The second kappa shape index (κ2) is 6.51. The average Bonchev–Trinajstić information content (AvgIpc) is 2.95. The number of nitrogens with zero attached hydrogens (tertiary/aromatic N) is 5. The molecule has 2 aromatic rings. The predicted molar refractivity (Wildman–Crippen MR) is 91.2 cm³/mol. The van der Waals surface area contributed by atoms with E-state index in [2.05, 4.69) is 25.3 Å². The normalized spacial score (nSPS) is 17.2. The maximum Gasteiger partial charge on any atom is 0.228 e. The summed E-state index contributed by atoms with van der Waals surface area (Å²) in [6.45, 7) is 8.86. The molecule has 1 atom stereocenters. The van der Waals surface area contributed by atoms with Crippen molar-refractivity contribution in [2.24, 2.45) is 0 Å². The van der Waals surface area contributed by atoms with Crippen LogP contribution in [0.4, 0.5) is 11.8 Å². The molecule has 126 valence electrons. The number of aromatic nitrogens is 4. The van der Waals surface area contributed by atoms with Gasteiger partial charge in [0, 0.05) is 49.1 Å². The van der Waals surface area contributed by atoms with Crippen LogP contribution in [-0.4, -0.2) is 43.8 Å². The fourth-order valence-corrected chi connectivity index (χ4v) is 2.99. The molecule has 0 saturated carbocycles. The lowest BCUT2D eigenvalue weighted by Gasteiger charge is -2.14. The predicted octanol–water partition coefficient (Wildman–Crippen LogP) is 2.27. The molecule has 1 amide bonds. The lowest BCUT2D eigenvalue weighted by atomic mass is 10.1. The Hall–Kier alpha value is -2.57. The topological polar surface area (TPSA) is 83.9 Å². The molecule has 1 aliphatic heterocycles. The van der Waals surface area contributed by atoms with Crippen molar-refractivity contribution >= 4 is 17.7 Å². The minimum Gasteiger partial charge on any atom is -0.342 e. The molecule has 0 spiro atoms. The summed E-state index contributed by atoms with van der Waals surface area (Å²) in [6, 6.07) is 3.80. The first kappa shape index (κ1) is 16.3. The van der Waals surface area contributed by atoms with Gasteiger partial charge in [0.25, 0.3) is 0 Å². The maximum absolute atomic E-state index is 11.5. The van der Waals surface area contributed by atoms with E-state index in [1.54, 1.807) is 6.92 Å². The Morgan fingerprint density at radius 3 is 2.38 bits per heavy atom. The Kier molecular flexibility index (Phi) is 4.42. The smallest absolute Gasteiger partial charge is 0.228 e. The fourth-order valence-electron chi connectivity index (χ4n) is 2.99. The molecule has 0 aliphatic carbocycles. The van der Waals surface area contributed by atoms with Crippen LogP contribution in [0.1, 0.15) is 42.2 Å². The van der Waals surface area contributed by atoms with Gasteiger partial charge in [-0.2, -0.15) is 0 Å². The van der Waals surface area contributed by atoms with Gasteiger partial charge >= 0.3 is 0 Å². The highest BCUT2D eigenvalue weighted by molar-refractivity contribution is 5.73. The summed E-state index contributed by atoms with van der Waals surface area (Å²) in [4.78, 5) is 31.3. The molecule has 1 unspecified atom stereocenters. The van der Waals surface area contributed by atoms with E-state index in [-0.39, 0.29) is 11.8 Å². The van der Waals surface area contributed by atoms with E-state index in [4.69, 9.17) is 0 Å². The van der Waals surface area contributed by atoms with Gasteiger partial charge in [0.05, 0.1) is 0 Å². The molecule has 2 aromatic heterocycles. The molecule has 0 bridgehead atoms. The zero-order valence-corrected chi connectivity index (χ0v) is 14.5. The summed E-state index contributed by atoms with van der Waals surface area (Å²) >= 11 is 0. The molecule has 7 nitrogen and oxygen atoms in total. The van der Waals surface area contributed by atoms with Gasteiger partial charge in [-0.05, 0) is 33.3 Å². The molecule has 7 heteroatoms. The molecule has 1 saturated heterocycles. The van der Waals surface area contributed by atoms with Crippen LogP contribution < -0.4 is 5.32 Å². The van der Waals surface area contributed by atoms with Crippen LogP contribution in [0.25, 0.3) is 0 Å². The summed E-state index contributed by atoms with van der Waals surface area (Å²) < 4.78 is 0. The van der Waals surface area contributed by atoms with Gasteiger partial charge in [-0.15, -0.1) is 0 Å². The highest BCUT2D eigenvalue weighted by Crippen LogP contribution is 2.26. The summed E-state index contributed by atoms with van der Waals surface area (Å²) in [5.74, 6) is 2.27. The average molecular weight is 326 g/mol. The molecule has 1 fully saturated rings. The SMILES string of the molecule is CC(=O)N1CCC(c2nc(C)cc(Nc3nc(C)cc(C)n3)n2)C1. The number of rotatable bonds is 3. The molecule has 3 rings (SSSR count). The zero-order chi connectivity index (χ0) is 17.3. The highest BCUT2D eigenvalue weighted by atomic mass is 16.2. The van der Waals surface area contributed by atoms with Crippen molar-refractivity contribution in [2.45, 2.75) is 40.0 Å². The van der Waals surface area contributed by atoms with Gasteiger partial charge in [0.2, 0.25) is 11.9 Å². The minimum absolute atomic E-state index is 0.104. The van der Waals surface area contributed by atoms with E-state index in [0.717, 1.165) is 35.9 Å². The van der Waals surface area contributed by atoms with Gasteiger partial charge in [-0.1, -0.05) is 0 Å². The Bertz CT molecular complexity index is 755. The third-order valence-electron chi connectivity index (χ3n) is 4.09. The van der Waals surface area contributed by atoms with E-state index in [0.29, 0.717) is 18.3 Å². The van der Waals surface area contributed by atoms with Gasteiger partial charge in [0.1, 0.15) is 11.6 Å². The highest BCUT2D eigenvalue weighted by Gasteiger charge is 2.27. The molecular formula is C17H22N6O. The Morgan fingerprint density at radius 2 is 1.75 bits per heavy atom. The number of aryl methyl sites for hydroxylation is 3. The quantitative estimate of drug-likeness (QED) is 0.931. The molecule has 1 N–H and O–H groups in total. The van der Waals surface area contributed by atoms with Crippen LogP contribution in [0.5, 0.6) is 0 Å². The number of anilines is 2. The second-order valence-electron chi connectivity index (χ2n) is 6.30. The van der Waals surface area contributed by atoms with E-state index in [1.807, 2.05) is 37.8 Å². The van der Waals surface area contributed by atoms with Crippen LogP contribution in [0.15, 0.2) is 12.1 Å². The van der Waals surface area contributed by atoms with Crippen molar-refractivity contribution < 1.29 is 4.79 Å². The number of likely N-dealkylation sites (tertiary alicyclic amines) is 1. The van der Waals surface area contributed by atoms with Crippen molar-refractivity contribution in [3.63, 3.8) is 0 Å². The van der Waals surface area contributed by atoms with Gasteiger partial charge in [0.15, 0.2) is 0 Å². The van der Waals surface area contributed by atoms with Crippen molar-refractivity contribution in [1.82, 2.24) is 24.8 Å². The molecule has 24 heavy (non-hydrogen) atoms. The summed E-state index contributed by atoms with van der Waals surface area (Å²) in [6.07, 6.45) is 0.891. The lowest BCUT2D eigenvalue weighted by Crippen LogP contribution is -2.25. The van der Waals surface area contributed by atoms with E-state index < -0.39 is 0 Å². The van der Waals surface area contributed by atoms with Crippen molar-refractivity contribution in [3.8, 4) is 0 Å². The monoisotopic (exact) mass is 326 g/mol. The van der Waals surface area contributed by atoms with Crippen LogP contribution in [0, 0.1) is 20.8 Å². The van der Waals surface area contributed by atoms with Crippen LogP contribution in [0.2, 0.25) is 0 Å². The van der Waals surface area contributed by atoms with Crippen LogP contribution in [0.3, 0.4) is 0 Å². The first-order valence-electron chi connectivity index (χ1n) is 8.11. The molecule has 3 heterocycles. The number of nitrogens with one attached hydrogen (secondary N) is 1. The van der Waals surface area contributed by atoms with E-state index >= 15 is 0 Å². The standard InChI is InChI=1S/C17H22N6O/c1-10-7-11(2)20-17(19-10)22-15-8-12(3)18-16(21-15)14-5-6-23(9-14)13(4)24/h7-8,14H,5-6,9H2,1-4H3,(H,18,19,20,21,22). The lowest BCUT2D eigenvalue weighted by molar-refractivity contribution is -0.127. The van der Waals surface area contributed by atoms with Crippen LogP contribution >= 0.6 is 0 Å². The minimum atomic E-state index is 0.104.